The lowest BCUT2D eigenvalue weighted by Crippen LogP contribution is -1.79. The first kappa shape index (κ1) is 8.27. The van der Waals surface area contributed by atoms with E-state index in [4.69, 9.17) is 0 Å². The van der Waals surface area contributed by atoms with Gasteiger partial charge in [0, 0.05) is 8.04 Å². The standard InChI is InChI=1S/C8H5BrI/c1-2-6-5-7(9)3-4-8(6)10/h3-5H,1H2. The summed E-state index contributed by atoms with van der Waals surface area (Å²) in [5, 5.41) is 0. The third-order valence-electron chi connectivity index (χ3n) is 1.12. The summed E-state index contributed by atoms with van der Waals surface area (Å²) in [4.78, 5) is 0. The lowest BCUT2D eigenvalue weighted by atomic mass is 10.2. The molecule has 1 aromatic carbocycles. The Bertz CT molecular complexity index is 255. The van der Waals surface area contributed by atoms with Gasteiger partial charge in [0.25, 0.3) is 0 Å². The second-order valence-corrected chi connectivity index (χ2v) is 3.88. The Morgan fingerprint density at radius 1 is 1.50 bits per heavy atom. The van der Waals surface area contributed by atoms with E-state index in [1.807, 2.05) is 18.2 Å². The van der Waals surface area contributed by atoms with Crippen LogP contribution >= 0.6 is 38.5 Å². The number of rotatable bonds is 1. The number of benzene rings is 1. The van der Waals surface area contributed by atoms with Crippen molar-refractivity contribution in [3.05, 3.63) is 44.5 Å². The maximum atomic E-state index is 3.58. The van der Waals surface area contributed by atoms with Crippen LogP contribution in [0.3, 0.4) is 0 Å². The number of hydrogen-bond acceptors (Lipinski definition) is 0. The highest BCUT2D eigenvalue weighted by Crippen LogP contribution is 2.17. The maximum absolute atomic E-state index is 3.58. The Labute approximate surface area is 82.6 Å². The normalized spacial score (nSPS) is 9.40. The highest BCUT2D eigenvalue weighted by Gasteiger charge is 1.94. The monoisotopic (exact) mass is 307 g/mol. The predicted octanol–water partition coefficient (Wildman–Crippen LogP) is 3.39. The first-order valence-electron chi connectivity index (χ1n) is 2.72. The molecular weight excluding hydrogens is 303 g/mol. The van der Waals surface area contributed by atoms with Gasteiger partial charge in [0.1, 0.15) is 0 Å². The van der Waals surface area contributed by atoms with E-state index in [0.29, 0.717) is 0 Å². The van der Waals surface area contributed by atoms with Crippen LogP contribution in [0.2, 0.25) is 0 Å². The highest BCUT2D eigenvalue weighted by molar-refractivity contribution is 14.1. The van der Waals surface area contributed by atoms with Crippen LogP contribution < -0.4 is 0 Å². The largest absolute Gasteiger partial charge is 0.0905 e. The van der Waals surface area contributed by atoms with E-state index in [9.17, 15) is 0 Å². The van der Waals surface area contributed by atoms with Gasteiger partial charge in [-0.2, -0.15) is 0 Å². The minimum absolute atomic E-state index is 1.05. The summed E-state index contributed by atoms with van der Waals surface area (Å²) in [6, 6.07) is 6.02. The Kier molecular flexibility index (Phi) is 2.92. The molecule has 0 aliphatic heterocycles. The van der Waals surface area contributed by atoms with E-state index in [2.05, 4.69) is 51.2 Å². The van der Waals surface area contributed by atoms with E-state index in [-0.39, 0.29) is 0 Å². The topological polar surface area (TPSA) is 0 Å². The second-order valence-electron chi connectivity index (χ2n) is 1.80. The summed E-state index contributed by atoms with van der Waals surface area (Å²) in [5.41, 5.74) is 1.05. The van der Waals surface area contributed by atoms with Crippen molar-refractivity contribution in [1.82, 2.24) is 0 Å². The minimum atomic E-state index is 1.05. The zero-order valence-corrected chi connectivity index (χ0v) is 8.94. The molecule has 0 saturated carbocycles. The van der Waals surface area contributed by atoms with Gasteiger partial charge in [-0.25, -0.2) is 0 Å². The molecule has 0 heterocycles. The van der Waals surface area contributed by atoms with Crippen LogP contribution in [0.4, 0.5) is 0 Å². The lowest BCUT2D eigenvalue weighted by Gasteiger charge is -1.96. The molecule has 0 N–H and O–H groups in total. The summed E-state index contributed by atoms with van der Waals surface area (Å²) in [6.07, 6.45) is 2.85. The van der Waals surface area contributed by atoms with Crippen LogP contribution in [0.25, 0.3) is 0 Å². The molecule has 0 atom stereocenters. The fraction of sp³-hybridized carbons (Fsp3) is 0. The first-order chi connectivity index (χ1) is 4.74. The Morgan fingerprint density at radius 3 is 2.70 bits per heavy atom. The summed E-state index contributed by atoms with van der Waals surface area (Å²) < 4.78 is 2.25. The molecule has 1 radical (unpaired) electrons. The smallest absolute Gasteiger partial charge is 0.0209 e. The Hall–Kier alpha value is 0.170. The van der Waals surface area contributed by atoms with Gasteiger partial charge >= 0.3 is 0 Å². The molecule has 0 aliphatic rings. The van der Waals surface area contributed by atoms with Gasteiger partial charge in [-0.05, 0) is 52.4 Å². The number of halogens is 2. The lowest BCUT2D eigenvalue weighted by molar-refractivity contribution is 1.50. The zero-order chi connectivity index (χ0) is 7.56. The average molecular weight is 308 g/mol. The molecule has 1 rings (SSSR count). The van der Waals surface area contributed by atoms with Gasteiger partial charge in [-0.15, -0.1) is 0 Å². The van der Waals surface area contributed by atoms with Crippen LogP contribution in [0, 0.1) is 9.65 Å². The quantitative estimate of drug-likeness (QED) is 0.698. The van der Waals surface area contributed by atoms with Gasteiger partial charge in [0.05, 0.1) is 0 Å². The van der Waals surface area contributed by atoms with Gasteiger partial charge in [0.15, 0.2) is 0 Å². The van der Waals surface area contributed by atoms with Crippen molar-refractivity contribution in [2.24, 2.45) is 0 Å². The van der Waals surface area contributed by atoms with Crippen LogP contribution in [-0.2, 0) is 0 Å². The molecule has 0 aromatic heterocycles. The Balaban J connectivity index is 3.21. The molecule has 0 amide bonds. The zero-order valence-electron chi connectivity index (χ0n) is 5.20. The Morgan fingerprint density at radius 2 is 2.20 bits per heavy atom. The van der Waals surface area contributed by atoms with Crippen molar-refractivity contribution in [3.63, 3.8) is 0 Å². The van der Waals surface area contributed by atoms with Gasteiger partial charge in [0.2, 0.25) is 0 Å². The van der Waals surface area contributed by atoms with Gasteiger partial charge < -0.3 is 0 Å². The van der Waals surface area contributed by atoms with E-state index in [1.54, 1.807) is 0 Å². The minimum Gasteiger partial charge on any atom is -0.0905 e. The molecular formula is C8H5BrI. The number of hydrogen-bond donors (Lipinski definition) is 0. The fourth-order valence-electron chi connectivity index (χ4n) is 0.633. The van der Waals surface area contributed by atoms with Crippen molar-refractivity contribution in [2.45, 2.75) is 0 Å². The van der Waals surface area contributed by atoms with Crippen LogP contribution in [0.5, 0.6) is 0 Å². The molecule has 51 valence electrons. The third kappa shape index (κ3) is 1.83. The van der Waals surface area contributed by atoms with Crippen LogP contribution in [0.1, 0.15) is 5.56 Å². The highest BCUT2D eigenvalue weighted by atomic mass is 127. The summed E-state index contributed by atoms with van der Waals surface area (Å²) in [7, 11) is 0. The molecule has 10 heavy (non-hydrogen) atoms. The molecule has 0 saturated heterocycles. The van der Waals surface area contributed by atoms with Gasteiger partial charge in [-0.3, -0.25) is 0 Å². The molecule has 0 fully saturated rings. The van der Waals surface area contributed by atoms with Gasteiger partial charge in [-0.1, -0.05) is 22.5 Å². The van der Waals surface area contributed by atoms with E-state index in [0.717, 1.165) is 10.0 Å². The van der Waals surface area contributed by atoms with Crippen molar-refractivity contribution >= 4 is 38.5 Å². The molecule has 0 nitrogen and oxygen atoms in total. The average Bonchev–Trinajstić information content (AvgIpc) is 1.94. The fourth-order valence-corrected chi connectivity index (χ4v) is 1.52. The first-order valence-corrected chi connectivity index (χ1v) is 4.59. The van der Waals surface area contributed by atoms with Crippen LogP contribution in [-0.4, -0.2) is 0 Å². The van der Waals surface area contributed by atoms with E-state index < -0.39 is 0 Å². The summed E-state index contributed by atoms with van der Waals surface area (Å²) in [6.45, 7) is 3.58. The molecule has 1 aromatic rings. The summed E-state index contributed by atoms with van der Waals surface area (Å²) >= 11 is 5.62. The van der Waals surface area contributed by atoms with E-state index in [1.165, 1.54) is 3.57 Å². The molecule has 0 aliphatic carbocycles. The second kappa shape index (κ2) is 3.53. The van der Waals surface area contributed by atoms with Crippen molar-refractivity contribution < 1.29 is 0 Å². The van der Waals surface area contributed by atoms with Crippen molar-refractivity contribution in [1.29, 1.82) is 0 Å². The third-order valence-corrected chi connectivity index (χ3v) is 2.55. The summed E-state index contributed by atoms with van der Waals surface area (Å²) in [5.74, 6) is 0. The van der Waals surface area contributed by atoms with E-state index >= 15 is 0 Å². The van der Waals surface area contributed by atoms with Crippen LogP contribution in [0.15, 0.2) is 29.3 Å². The molecule has 2 heteroatoms. The van der Waals surface area contributed by atoms with Crippen molar-refractivity contribution in [2.75, 3.05) is 0 Å². The van der Waals surface area contributed by atoms with Crippen molar-refractivity contribution in [3.8, 4) is 0 Å². The predicted molar refractivity (Wildman–Crippen MR) is 54.8 cm³/mol. The molecule has 0 unspecified atom stereocenters. The molecule has 0 bridgehead atoms. The SMILES string of the molecule is C=[C]c1cc(Br)ccc1I. The maximum Gasteiger partial charge on any atom is 0.0209 e. The molecule has 0 spiro atoms.